The van der Waals surface area contributed by atoms with Crippen LogP contribution in [0.1, 0.15) is 53.0 Å². The number of carbonyl (C=O) groups excluding carboxylic acids is 4. The second kappa shape index (κ2) is 13.8. The Morgan fingerprint density at radius 2 is 1.88 bits per heavy atom. The van der Waals surface area contributed by atoms with Crippen LogP contribution in [-0.2, 0) is 19.2 Å². The van der Waals surface area contributed by atoms with Crippen LogP contribution in [0.4, 0.5) is 0 Å². The van der Waals surface area contributed by atoms with Gasteiger partial charge in [-0.3, -0.25) is 19.2 Å². The van der Waals surface area contributed by atoms with Gasteiger partial charge in [0.05, 0.1) is 13.2 Å². The third-order valence-corrected chi connectivity index (χ3v) is 7.66. The van der Waals surface area contributed by atoms with Gasteiger partial charge in [0.25, 0.3) is 0 Å². The largest absolute Gasteiger partial charge is 0.496 e. The molecular formula is C30H45N5O6. The van der Waals surface area contributed by atoms with E-state index in [9.17, 15) is 19.2 Å². The molecule has 0 radical (unpaired) electrons. The maximum absolute atomic E-state index is 14.1. The van der Waals surface area contributed by atoms with Crippen LogP contribution in [0.2, 0.25) is 0 Å². The Bertz CT molecular complexity index is 1150. The molecule has 1 aromatic rings. The average Bonchev–Trinajstić information content (AvgIpc) is 3.34. The minimum absolute atomic E-state index is 0.119. The van der Waals surface area contributed by atoms with Crippen LogP contribution in [0, 0.1) is 11.8 Å². The van der Waals surface area contributed by atoms with Crippen LogP contribution >= 0.6 is 0 Å². The minimum atomic E-state index is -1.00. The van der Waals surface area contributed by atoms with Crippen molar-refractivity contribution in [3.8, 4) is 11.5 Å². The monoisotopic (exact) mass is 571 g/mol. The fourth-order valence-corrected chi connectivity index (χ4v) is 5.44. The van der Waals surface area contributed by atoms with Crippen molar-refractivity contribution in [3.63, 3.8) is 0 Å². The van der Waals surface area contributed by atoms with E-state index < -0.39 is 36.2 Å². The van der Waals surface area contributed by atoms with Crippen LogP contribution in [0.25, 0.3) is 6.08 Å². The van der Waals surface area contributed by atoms with Gasteiger partial charge in [0.2, 0.25) is 23.6 Å². The Morgan fingerprint density at radius 3 is 2.49 bits per heavy atom. The lowest BCUT2D eigenvalue weighted by Crippen LogP contribution is -2.60. The molecule has 41 heavy (non-hydrogen) atoms. The first kappa shape index (κ1) is 31.9. The predicted molar refractivity (Wildman–Crippen MR) is 156 cm³/mol. The quantitative estimate of drug-likeness (QED) is 0.434. The Morgan fingerprint density at radius 1 is 1.17 bits per heavy atom. The van der Waals surface area contributed by atoms with Crippen LogP contribution in [-0.4, -0.2) is 91.4 Å². The number of nitrogens with one attached hydrogen (secondary N) is 3. The van der Waals surface area contributed by atoms with Crippen molar-refractivity contribution in [2.45, 2.75) is 77.7 Å². The minimum Gasteiger partial charge on any atom is -0.496 e. The number of hydrogen-bond donors (Lipinski definition) is 3. The zero-order chi connectivity index (χ0) is 30.4. The molecule has 3 rings (SSSR count). The normalized spacial score (nSPS) is 23.2. The average molecular weight is 572 g/mol. The number of benzene rings is 1. The summed E-state index contributed by atoms with van der Waals surface area (Å²) in [5.41, 5.74) is 0.686. The van der Waals surface area contributed by atoms with Gasteiger partial charge in [-0.05, 0) is 56.5 Å². The van der Waals surface area contributed by atoms with Gasteiger partial charge in [-0.1, -0.05) is 27.7 Å². The lowest BCUT2D eigenvalue weighted by atomic mass is 9.99. The number of likely N-dealkylation sites (tertiary alicyclic amines) is 1. The van der Waals surface area contributed by atoms with E-state index in [1.54, 1.807) is 52.4 Å². The number of ether oxygens (including phenoxy) is 2. The van der Waals surface area contributed by atoms with Crippen molar-refractivity contribution in [2.24, 2.45) is 11.8 Å². The van der Waals surface area contributed by atoms with E-state index in [1.807, 2.05) is 27.7 Å². The van der Waals surface area contributed by atoms with Crippen LogP contribution in [0.15, 0.2) is 24.4 Å². The van der Waals surface area contributed by atoms with E-state index in [4.69, 9.17) is 9.47 Å². The highest BCUT2D eigenvalue weighted by Crippen LogP contribution is 2.31. The van der Waals surface area contributed by atoms with Gasteiger partial charge in [-0.2, -0.15) is 0 Å². The summed E-state index contributed by atoms with van der Waals surface area (Å²) in [4.78, 5) is 57.2. The van der Waals surface area contributed by atoms with Crippen molar-refractivity contribution in [3.05, 3.63) is 30.0 Å². The van der Waals surface area contributed by atoms with Gasteiger partial charge in [-0.25, -0.2) is 0 Å². The van der Waals surface area contributed by atoms with Crippen molar-refractivity contribution >= 4 is 29.7 Å². The van der Waals surface area contributed by atoms with E-state index in [1.165, 1.54) is 16.0 Å². The smallest absolute Gasteiger partial charge is 0.247 e. The second-order valence-corrected chi connectivity index (χ2v) is 11.5. The van der Waals surface area contributed by atoms with Gasteiger partial charge in [0, 0.05) is 31.8 Å². The predicted octanol–water partition coefficient (Wildman–Crippen LogP) is 1.77. The lowest BCUT2D eigenvalue weighted by Gasteiger charge is -2.37. The van der Waals surface area contributed by atoms with E-state index in [0.29, 0.717) is 29.9 Å². The number of rotatable bonds is 8. The molecule has 2 heterocycles. The first-order valence-corrected chi connectivity index (χ1v) is 14.3. The molecule has 0 aromatic heterocycles. The summed E-state index contributed by atoms with van der Waals surface area (Å²) in [6.45, 7) is 9.69. The maximum Gasteiger partial charge on any atom is 0.247 e. The summed E-state index contributed by atoms with van der Waals surface area (Å²) in [5.74, 6) is -0.400. The highest BCUT2D eigenvalue weighted by atomic mass is 16.5. The first-order chi connectivity index (χ1) is 19.4. The van der Waals surface area contributed by atoms with Crippen molar-refractivity contribution < 1.29 is 28.7 Å². The summed E-state index contributed by atoms with van der Waals surface area (Å²) in [5, 5.41) is 8.59. The lowest BCUT2D eigenvalue weighted by molar-refractivity contribution is -0.150. The summed E-state index contributed by atoms with van der Waals surface area (Å²) < 4.78 is 11.8. The van der Waals surface area contributed by atoms with Gasteiger partial charge in [0.15, 0.2) is 0 Å². The van der Waals surface area contributed by atoms with Crippen LogP contribution in [0.5, 0.6) is 11.5 Å². The molecule has 1 fully saturated rings. The molecular weight excluding hydrogens is 526 g/mol. The number of hydrogen-bond acceptors (Lipinski definition) is 7. The van der Waals surface area contributed by atoms with E-state index in [2.05, 4.69) is 16.0 Å². The number of likely N-dealkylation sites (N-methyl/N-ethyl adjacent to an activating group) is 2. The molecule has 2 aliphatic heterocycles. The zero-order valence-electron chi connectivity index (χ0n) is 25.4. The zero-order valence-corrected chi connectivity index (χ0v) is 25.4. The molecule has 3 N–H and O–H groups in total. The fourth-order valence-electron chi connectivity index (χ4n) is 5.44. The highest BCUT2D eigenvalue weighted by molar-refractivity contribution is 5.96. The van der Waals surface area contributed by atoms with Crippen molar-refractivity contribution in [2.75, 3.05) is 27.7 Å². The van der Waals surface area contributed by atoms with Crippen LogP contribution in [0.3, 0.4) is 0 Å². The van der Waals surface area contributed by atoms with Gasteiger partial charge in [-0.15, -0.1) is 0 Å². The first-order valence-electron chi connectivity index (χ1n) is 14.3. The van der Waals surface area contributed by atoms with E-state index in [-0.39, 0.29) is 36.1 Å². The second-order valence-electron chi connectivity index (χ2n) is 11.5. The SMILES string of the molecule is CNC(C)C(=O)N(C)C(C(=O)N1CCC2Oc3ccc(OC)c(c3)/C=C/NC(=O)C(CC(C)C)NC(=O)C21)C(C)C. The summed E-state index contributed by atoms with van der Waals surface area (Å²) in [6.07, 6.45) is 3.37. The highest BCUT2D eigenvalue weighted by Gasteiger charge is 2.47. The molecule has 0 spiro atoms. The topological polar surface area (TPSA) is 129 Å². The standard InChI is InChI=1S/C30H45N5O6/c1-17(2)15-22-27(36)32-13-11-20-16-21(9-10-23(20)40-8)41-24-12-14-35(26(24)28(37)33-22)30(39)25(18(3)4)34(7)29(38)19(5)31-6/h9-11,13,16-19,22,24-26,31H,12,14-15H2,1-8H3,(H,32,36)(H,33,37)/b13-11+. The molecule has 1 aromatic carbocycles. The number of nitrogens with zero attached hydrogens (tertiary/aromatic N) is 2. The third-order valence-electron chi connectivity index (χ3n) is 7.66. The molecule has 0 aliphatic carbocycles. The number of fused-ring (bicyclic) bond motifs is 3. The summed E-state index contributed by atoms with van der Waals surface area (Å²) in [7, 11) is 4.86. The molecule has 4 amide bonds. The molecule has 11 nitrogen and oxygen atoms in total. The number of methoxy groups -OCH3 is 1. The summed E-state index contributed by atoms with van der Waals surface area (Å²) in [6, 6.07) is 2.17. The molecule has 11 heteroatoms. The fraction of sp³-hybridized carbons (Fsp3) is 0.600. The van der Waals surface area contributed by atoms with Gasteiger partial charge >= 0.3 is 0 Å². The maximum atomic E-state index is 14.1. The Kier molecular flexibility index (Phi) is 10.8. The van der Waals surface area contributed by atoms with Crippen LogP contribution < -0.4 is 25.4 Å². The molecule has 0 saturated carbocycles. The Labute approximate surface area is 243 Å². The van der Waals surface area contributed by atoms with E-state index in [0.717, 1.165) is 0 Å². The molecule has 2 bridgehead atoms. The van der Waals surface area contributed by atoms with Crippen molar-refractivity contribution in [1.82, 2.24) is 25.8 Å². The Hall–Kier alpha value is -3.60. The molecule has 1 saturated heterocycles. The molecule has 5 atom stereocenters. The summed E-state index contributed by atoms with van der Waals surface area (Å²) >= 11 is 0. The third kappa shape index (κ3) is 7.38. The van der Waals surface area contributed by atoms with Gasteiger partial charge in [0.1, 0.15) is 35.7 Å². The number of carbonyl (C=O) groups is 4. The molecule has 5 unspecified atom stereocenters. The van der Waals surface area contributed by atoms with Crippen molar-refractivity contribution in [1.29, 1.82) is 0 Å². The molecule has 2 aliphatic rings. The Balaban J connectivity index is 2.04. The van der Waals surface area contributed by atoms with E-state index >= 15 is 0 Å². The number of amides is 4. The van der Waals surface area contributed by atoms with Gasteiger partial charge < -0.3 is 35.2 Å². The molecule has 226 valence electrons.